The molecule has 2 heteroatoms. The molecule has 4 saturated carbocycles. The van der Waals surface area contributed by atoms with Gasteiger partial charge in [-0.05, 0) is 99.0 Å². The summed E-state index contributed by atoms with van der Waals surface area (Å²) in [6, 6.07) is 10.1. The van der Waals surface area contributed by atoms with Gasteiger partial charge in [-0.25, -0.2) is 0 Å². The minimum absolute atomic E-state index is 0.0733. The Bertz CT molecular complexity index is 777. The summed E-state index contributed by atoms with van der Waals surface area (Å²) in [6.07, 6.45) is 10.0. The average Bonchev–Trinajstić information content (AvgIpc) is 3.05. The fourth-order valence-corrected chi connectivity index (χ4v) is 7.78. The zero-order valence-electron chi connectivity index (χ0n) is 17.1. The quantitative estimate of drug-likeness (QED) is 0.638. The maximum absolute atomic E-state index is 11.5. The molecule has 1 aromatic carbocycles. The van der Waals surface area contributed by atoms with Gasteiger partial charge in [-0.2, -0.15) is 0 Å². The molecule has 0 bridgehead atoms. The zero-order valence-corrected chi connectivity index (χ0v) is 17.1. The van der Waals surface area contributed by atoms with Crippen LogP contribution in [0.4, 0.5) is 0 Å². The number of hydrogen-bond acceptors (Lipinski definition) is 2. The van der Waals surface area contributed by atoms with E-state index in [0.717, 1.165) is 49.5 Å². The summed E-state index contributed by atoms with van der Waals surface area (Å²) in [5.41, 5.74) is 0.608. The van der Waals surface area contributed by atoms with Gasteiger partial charge >= 0.3 is 0 Å². The molecule has 150 valence electrons. The first-order valence-electron chi connectivity index (χ1n) is 11.5. The first kappa shape index (κ1) is 18.7. The number of aliphatic hydroxyl groups excluding tert-OH is 1. The van der Waals surface area contributed by atoms with Crippen molar-refractivity contribution in [1.82, 2.24) is 0 Å². The van der Waals surface area contributed by atoms with Gasteiger partial charge in [0.1, 0.15) is 5.60 Å². The van der Waals surface area contributed by atoms with Crippen LogP contribution in [0.15, 0.2) is 30.3 Å². The normalized spacial score (nSPS) is 47.2. The molecular weight excluding hydrogens is 344 g/mol. The predicted octanol–water partition coefficient (Wildman–Crippen LogP) is 4.78. The summed E-state index contributed by atoms with van der Waals surface area (Å²) < 4.78 is 0. The van der Waals surface area contributed by atoms with Gasteiger partial charge in [0.25, 0.3) is 0 Å². The maximum Gasteiger partial charge on any atom is 0.128 e. The third-order valence-electron chi connectivity index (χ3n) is 9.24. The van der Waals surface area contributed by atoms with Crippen LogP contribution in [-0.4, -0.2) is 21.9 Å². The molecule has 0 aromatic heterocycles. The molecule has 4 aliphatic rings. The summed E-state index contributed by atoms with van der Waals surface area (Å²) in [5, 5.41) is 21.6. The third kappa shape index (κ3) is 2.94. The molecule has 0 unspecified atom stereocenters. The van der Waals surface area contributed by atoms with E-state index in [-0.39, 0.29) is 6.10 Å². The molecule has 4 aliphatic carbocycles. The Morgan fingerprint density at radius 1 is 0.893 bits per heavy atom. The fourth-order valence-electron chi connectivity index (χ4n) is 7.78. The topological polar surface area (TPSA) is 40.5 Å². The number of fused-ring (bicyclic) bond motifs is 5. The second-order valence-corrected chi connectivity index (χ2v) is 10.4. The van der Waals surface area contributed by atoms with E-state index in [1.54, 1.807) is 0 Å². The van der Waals surface area contributed by atoms with Gasteiger partial charge in [0.05, 0.1) is 6.10 Å². The largest absolute Gasteiger partial charge is 0.393 e. The highest BCUT2D eigenvalue weighted by atomic mass is 16.3. The van der Waals surface area contributed by atoms with E-state index in [1.165, 1.54) is 25.7 Å². The minimum atomic E-state index is -0.800. The summed E-state index contributed by atoms with van der Waals surface area (Å²) in [4.78, 5) is 0. The van der Waals surface area contributed by atoms with Crippen molar-refractivity contribution in [2.45, 2.75) is 76.4 Å². The first-order valence-corrected chi connectivity index (χ1v) is 11.5. The molecular formula is C26H34O2. The number of rotatable bonds is 0. The van der Waals surface area contributed by atoms with E-state index in [1.807, 2.05) is 30.3 Å². The van der Waals surface area contributed by atoms with Crippen molar-refractivity contribution in [3.05, 3.63) is 35.9 Å². The monoisotopic (exact) mass is 378 g/mol. The van der Waals surface area contributed by atoms with Gasteiger partial charge in [0.2, 0.25) is 0 Å². The second-order valence-electron chi connectivity index (χ2n) is 10.4. The lowest BCUT2D eigenvalue weighted by Gasteiger charge is -2.59. The van der Waals surface area contributed by atoms with Crippen LogP contribution >= 0.6 is 0 Å². The van der Waals surface area contributed by atoms with Crippen LogP contribution in [0, 0.1) is 46.8 Å². The lowest BCUT2D eigenvalue weighted by molar-refractivity contribution is -0.116. The van der Waals surface area contributed by atoms with E-state index in [9.17, 15) is 10.2 Å². The number of benzene rings is 1. The lowest BCUT2D eigenvalue weighted by atomic mass is 9.47. The van der Waals surface area contributed by atoms with Crippen molar-refractivity contribution in [3.8, 4) is 11.8 Å². The molecule has 4 fully saturated rings. The Labute approximate surface area is 169 Å². The molecule has 0 spiro atoms. The lowest BCUT2D eigenvalue weighted by Crippen LogP contribution is -2.53. The van der Waals surface area contributed by atoms with Crippen LogP contribution in [0.1, 0.15) is 70.3 Å². The molecule has 0 heterocycles. The summed E-state index contributed by atoms with van der Waals surface area (Å²) >= 11 is 0. The van der Waals surface area contributed by atoms with Crippen molar-refractivity contribution in [1.29, 1.82) is 0 Å². The molecule has 1 aromatic rings. The van der Waals surface area contributed by atoms with Crippen molar-refractivity contribution in [2.24, 2.45) is 35.0 Å². The van der Waals surface area contributed by atoms with Crippen LogP contribution in [0.5, 0.6) is 0 Å². The molecule has 2 nitrogen and oxygen atoms in total. The Morgan fingerprint density at radius 2 is 1.64 bits per heavy atom. The Morgan fingerprint density at radius 3 is 2.46 bits per heavy atom. The predicted molar refractivity (Wildman–Crippen MR) is 111 cm³/mol. The summed E-state index contributed by atoms with van der Waals surface area (Å²) in [6.45, 7) is 2.52. The SMILES string of the molecule is C[C@]12CC[C@H](O)C[C@@H]1CC[C@@H]1[C@@H]3CC[C@@](O)(C#Cc4ccccc4)[C@@H]3CC[C@H]12. The van der Waals surface area contributed by atoms with Crippen molar-refractivity contribution in [3.63, 3.8) is 0 Å². The highest BCUT2D eigenvalue weighted by molar-refractivity contribution is 5.37. The van der Waals surface area contributed by atoms with Gasteiger partial charge in [0, 0.05) is 11.5 Å². The minimum Gasteiger partial charge on any atom is -0.393 e. The van der Waals surface area contributed by atoms with Crippen LogP contribution < -0.4 is 0 Å². The number of hydrogen-bond donors (Lipinski definition) is 2. The second kappa shape index (κ2) is 6.89. The molecule has 0 radical (unpaired) electrons. The van der Waals surface area contributed by atoms with Crippen LogP contribution in [-0.2, 0) is 0 Å². The van der Waals surface area contributed by atoms with Crippen LogP contribution in [0.2, 0.25) is 0 Å². The summed E-state index contributed by atoms with van der Waals surface area (Å²) in [5.74, 6) is 9.79. The molecule has 2 N–H and O–H groups in total. The Hall–Kier alpha value is -1.30. The van der Waals surface area contributed by atoms with Gasteiger partial charge in [-0.1, -0.05) is 37.0 Å². The highest BCUT2D eigenvalue weighted by Crippen LogP contribution is 2.64. The van der Waals surface area contributed by atoms with Gasteiger partial charge in [-0.15, -0.1) is 0 Å². The molecule has 0 saturated heterocycles. The van der Waals surface area contributed by atoms with Crippen LogP contribution in [0.25, 0.3) is 0 Å². The smallest absolute Gasteiger partial charge is 0.128 e. The fraction of sp³-hybridized carbons (Fsp3) is 0.692. The van der Waals surface area contributed by atoms with Gasteiger partial charge in [0.15, 0.2) is 0 Å². The molecule has 8 atom stereocenters. The molecule has 28 heavy (non-hydrogen) atoms. The van der Waals surface area contributed by atoms with Crippen molar-refractivity contribution < 1.29 is 10.2 Å². The molecule has 5 rings (SSSR count). The first-order chi connectivity index (χ1) is 13.5. The van der Waals surface area contributed by atoms with E-state index < -0.39 is 5.60 Å². The van der Waals surface area contributed by atoms with Crippen LogP contribution in [0.3, 0.4) is 0 Å². The highest BCUT2D eigenvalue weighted by Gasteiger charge is 2.59. The van der Waals surface area contributed by atoms with Crippen molar-refractivity contribution >= 4 is 0 Å². The van der Waals surface area contributed by atoms with E-state index >= 15 is 0 Å². The zero-order chi connectivity index (χ0) is 19.4. The number of aliphatic hydroxyl groups is 2. The maximum atomic E-state index is 11.5. The third-order valence-corrected chi connectivity index (χ3v) is 9.24. The van der Waals surface area contributed by atoms with E-state index in [2.05, 4.69) is 18.8 Å². The van der Waals surface area contributed by atoms with E-state index in [4.69, 9.17) is 0 Å². The standard InChI is InChI=1S/C26H34O2/c1-25-14-12-20(27)17-19(25)7-8-21-22-13-16-26(28,24(22)10-9-23(21)25)15-11-18-5-3-2-4-6-18/h2-6,19-24,27-28H,7-10,12-14,16-17H2,1H3/t19-,20-,21+,22-,23+,24+,25-,26-/m0/s1. The molecule has 0 aliphatic heterocycles. The van der Waals surface area contributed by atoms with Gasteiger partial charge in [-0.3, -0.25) is 0 Å². The van der Waals surface area contributed by atoms with Crippen molar-refractivity contribution in [2.75, 3.05) is 0 Å². The Kier molecular flexibility index (Phi) is 4.61. The average molecular weight is 379 g/mol. The molecule has 0 amide bonds. The van der Waals surface area contributed by atoms with Gasteiger partial charge < -0.3 is 10.2 Å². The Balaban J connectivity index is 1.37. The van der Waals surface area contributed by atoms with E-state index in [0.29, 0.717) is 23.2 Å². The summed E-state index contributed by atoms with van der Waals surface area (Å²) in [7, 11) is 0.